The molecule has 0 saturated carbocycles. The van der Waals surface area contributed by atoms with Crippen molar-refractivity contribution in [3.8, 4) is 12.3 Å². The van der Waals surface area contributed by atoms with E-state index in [1.54, 1.807) is 12.4 Å². The fraction of sp³-hybridized carbons (Fsp3) is 0.650. The van der Waals surface area contributed by atoms with Gasteiger partial charge in [0.1, 0.15) is 0 Å². The van der Waals surface area contributed by atoms with E-state index in [0.717, 1.165) is 77.6 Å². The lowest BCUT2D eigenvalue weighted by Gasteiger charge is -2.34. The van der Waals surface area contributed by atoms with E-state index in [-0.39, 0.29) is 11.8 Å². The number of hydrogen-bond acceptors (Lipinski definition) is 6. The average molecular weight is 371 g/mol. The van der Waals surface area contributed by atoms with Crippen molar-refractivity contribution in [1.29, 1.82) is 0 Å². The second kappa shape index (κ2) is 10.2. The van der Waals surface area contributed by atoms with E-state index in [1.807, 2.05) is 6.07 Å². The number of piperidine rings is 1. The molecule has 0 unspecified atom stereocenters. The number of terminal acetylenes is 1. The molecule has 27 heavy (non-hydrogen) atoms. The van der Waals surface area contributed by atoms with Gasteiger partial charge in [0.25, 0.3) is 0 Å². The van der Waals surface area contributed by atoms with Gasteiger partial charge in [0.05, 0.1) is 6.54 Å². The van der Waals surface area contributed by atoms with Crippen LogP contribution in [0, 0.1) is 18.3 Å². The van der Waals surface area contributed by atoms with E-state index in [1.165, 1.54) is 0 Å². The van der Waals surface area contributed by atoms with Crippen LogP contribution in [-0.4, -0.2) is 84.6 Å². The highest BCUT2D eigenvalue weighted by Gasteiger charge is 2.24. The largest absolute Gasteiger partial charge is 0.356 e. The number of piperazine rings is 1. The van der Waals surface area contributed by atoms with Gasteiger partial charge in [0.15, 0.2) is 0 Å². The highest BCUT2D eigenvalue weighted by Crippen LogP contribution is 2.17. The molecule has 2 aliphatic heterocycles. The molecule has 1 N–H and O–H groups in total. The van der Waals surface area contributed by atoms with Gasteiger partial charge < -0.3 is 10.2 Å². The van der Waals surface area contributed by atoms with Crippen molar-refractivity contribution in [1.82, 2.24) is 25.1 Å². The van der Waals surface area contributed by atoms with Crippen molar-refractivity contribution in [2.45, 2.75) is 19.3 Å². The standard InChI is InChI=1S/C20H30N6O/c1-2-10-24-12-5-18(6-13-24)19(27)21-9-4-11-25-14-16-26(17-15-25)20-22-7-3-8-23-20/h1,3,7-8,18H,4-6,9-17H2,(H,21,27). The molecule has 3 rings (SSSR count). The van der Waals surface area contributed by atoms with Crippen molar-refractivity contribution < 1.29 is 4.79 Å². The number of nitrogens with zero attached hydrogens (tertiary/aromatic N) is 5. The molecular formula is C20H30N6O. The zero-order valence-corrected chi connectivity index (χ0v) is 16.0. The summed E-state index contributed by atoms with van der Waals surface area (Å²) in [6.07, 6.45) is 11.7. The third-order valence-electron chi connectivity index (χ3n) is 5.43. The molecule has 0 bridgehead atoms. The third kappa shape index (κ3) is 5.91. The first-order valence-corrected chi connectivity index (χ1v) is 9.94. The first-order valence-electron chi connectivity index (χ1n) is 9.94. The van der Waals surface area contributed by atoms with Crippen molar-refractivity contribution in [3.63, 3.8) is 0 Å². The minimum Gasteiger partial charge on any atom is -0.356 e. The Morgan fingerprint density at radius 3 is 2.48 bits per heavy atom. The Bertz CT molecular complexity index is 615. The maximum absolute atomic E-state index is 12.3. The lowest BCUT2D eigenvalue weighted by Crippen LogP contribution is -2.47. The number of likely N-dealkylation sites (tertiary alicyclic amines) is 1. The molecule has 7 heteroatoms. The fourth-order valence-corrected chi connectivity index (χ4v) is 3.77. The van der Waals surface area contributed by atoms with Gasteiger partial charge in [-0.15, -0.1) is 6.42 Å². The summed E-state index contributed by atoms with van der Waals surface area (Å²) in [5.41, 5.74) is 0. The molecule has 0 aromatic carbocycles. The highest BCUT2D eigenvalue weighted by molar-refractivity contribution is 5.78. The maximum atomic E-state index is 12.3. The Balaban J connectivity index is 1.27. The monoisotopic (exact) mass is 370 g/mol. The molecule has 1 amide bonds. The quantitative estimate of drug-likeness (QED) is 0.555. The van der Waals surface area contributed by atoms with Gasteiger partial charge in [-0.05, 0) is 45.0 Å². The number of hydrogen-bond donors (Lipinski definition) is 1. The summed E-state index contributed by atoms with van der Waals surface area (Å²) in [6, 6.07) is 1.84. The highest BCUT2D eigenvalue weighted by atomic mass is 16.1. The van der Waals surface area contributed by atoms with E-state index < -0.39 is 0 Å². The van der Waals surface area contributed by atoms with Crippen molar-refractivity contribution in [3.05, 3.63) is 18.5 Å². The molecule has 1 aromatic rings. The maximum Gasteiger partial charge on any atom is 0.225 e. The molecule has 2 saturated heterocycles. The SMILES string of the molecule is C#CCN1CCC(C(=O)NCCCN2CCN(c3ncccn3)CC2)CC1. The molecule has 0 aliphatic carbocycles. The normalized spacial score (nSPS) is 19.6. The van der Waals surface area contributed by atoms with Crippen LogP contribution in [0.2, 0.25) is 0 Å². The molecule has 0 atom stereocenters. The summed E-state index contributed by atoms with van der Waals surface area (Å²) in [5, 5.41) is 3.12. The van der Waals surface area contributed by atoms with Crippen LogP contribution in [0.25, 0.3) is 0 Å². The minimum absolute atomic E-state index is 0.147. The number of anilines is 1. The number of carbonyl (C=O) groups excluding carboxylic acids is 1. The smallest absolute Gasteiger partial charge is 0.225 e. The predicted molar refractivity (Wildman–Crippen MR) is 106 cm³/mol. The second-order valence-corrected chi connectivity index (χ2v) is 7.28. The Morgan fingerprint density at radius 1 is 1.11 bits per heavy atom. The molecule has 3 heterocycles. The predicted octanol–water partition coefficient (Wildman–Crippen LogP) is 0.450. The lowest BCUT2D eigenvalue weighted by atomic mass is 9.96. The summed E-state index contributed by atoms with van der Waals surface area (Å²) in [7, 11) is 0. The fourth-order valence-electron chi connectivity index (χ4n) is 3.77. The Kier molecular flexibility index (Phi) is 7.43. The number of carbonyl (C=O) groups is 1. The molecule has 2 aliphatic rings. The van der Waals surface area contributed by atoms with Gasteiger partial charge in [0.2, 0.25) is 11.9 Å². The zero-order valence-electron chi connectivity index (χ0n) is 16.0. The molecular weight excluding hydrogens is 340 g/mol. The third-order valence-corrected chi connectivity index (χ3v) is 5.43. The van der Waals surface area contributed by atoms with E-state index in [9.17, 15) is 4.79 Å². The van der Waals surface area contributed by atoms with Gasteiger partial charge in [-0.3, -0.25) is 14.6 Å². The van der Waals surface area contributed by atoms with Crippen LogP contribution in [-0.2, 0) is 4.79 Å². The summed E-state index contributed by atoms with van der Waals surface area (Å²) in [5.74, 6) is 3.85. The van der Waals surface area contributed by atoms with Crippen LogP contribution in [0.15, 0.2) is 18.5 Å². The number of amides is 1. The first kappa shape index (κ1) is 19.6. The number of nitrogens with one attached hydrogen (secondary N) is 1. The van der Waals surface area contributed by atoms with Crippen LogP contribution in [0.1, 0.15) is 19.3 Å². The van der Waals surface area contributed by atoms with Crippen molar-refractivity contribution in [2.24, 2.45) is 5.92 Å². The van der Waals surface area contributed by atoms with E-state index >= 15 is 0 Å². The summed E-state index contributed by atoms with van der Waals surface area (Å²) < 4.78 is 0. The second-order valence-electron chi connectivity index (χ2n) is 7.28. The molecule has 0 spiro atoms. The topological polar surface area (TPSA) is 64.6 Å². The average Bonchev–Trinajstić information content (AvgIpc) is 2.73. The Hall–Kier alpha value is -2.17. The summed E-state index contributed by atoms with van der Waals surface area (Å²) in [6.45, 7) is 8.25. The van der Waals surface area contributed by atoms with E-state index in [0.29, 0.717) is 6.54 Å². The van der Waals surface area contributed by atoms with Gasteiger partial charge in [0, 0.05) is 51.0 Å². The van der Waals surface area contributed by atoms with Gasteiger partial charge >= 0.3 is 0 Å². The zero-order chi connectivity index (χ0) is 18.9. The molecule has 146 valence electrons. The summed E-state index contributed by atoms with van der Waals surface area (Å²) >= 11 is 0. The van der Waals surface area contributed by atoms with Gasteiger partial charge in [-0.1, -0.05) is 5.92 Å². The molecule has 2 fully saturated rings. The van der Waals surface area contributed by atoms with Crippen molar-refractivity contribution >= 4 is 11.9 Å². The number of aromatic nitrogens is 2. The molecule has 0 radical (unpaired) electrons. The van der Waals surface area contributed by atoms with Crippen molar-refractivity contribution in [2.75, 3.05) is 63.8 Å². The van der Waals surface area contributed by atoms with Gasteiger partial charge in [-0.25, -0.2) is 9.97 Å². The summed E-state index contributed by atoms with van der Waals surface area (Å²) in [4.78, 5) is 27.9. The van der Waals surface area contributed by atoms with Crippen LogP contribution in [0.3, 0.4) is 0 Å². The molecule has 1 aromatic heterocycles. The lowest BCUT2D eigenvalue weighted by molar-refractivity contribution is -0.126. The van der Waals surface area contributed by atoms with Crippen LogP contribution >= 0.6 is 0 Å². The van der Waals surface area contributed by atoms with Crippen LogP contribution in [0.4, 0.5) is 5.95 Å². The van der Waals surface area contributed by atoms with Gasteiger partial charge in [-0.2, -0.15) is 0 Å². The first-order chi connectivity index (χ1) is 13.3. The Labute approximate surface area is 162 Å². The van der Waals surface area contributed by atoms with E-state index in [2.05, 4.69) is 35.9 Å². The van der Waals surface area contributed by atoms with Crippen LogP contribution < -0.4 is 10.2 Å². The van der Waals surface area contributed by atoms with E-state index in [4.69, 9.17) is 6.42 Å². The molecule has 7 nitrogen and oxygen atoms in total. The Morgan fingerprint density at radius 2 is 1.81 bits per heavy atom. The number of rotatable bonds is 7. The minimum atomic E-state index is 0.147. The van der Waals surface area contributed by atoms with Crippen LogP contribution in [0.5, 0.6) is 0 Å².